The summed E-state index contributed by atoms with van der Waals surface area (Å²) in [5, 5.41) is 3.95. The minimum atomic E-state index is 0.500. The molecule has 0 saturated carbocycles. The van der Waals surface area contributed by atoms with E-state index < -0.39 is 0 Å². The lowest BCUT2D eigenvalue weighted by Crippen LogP contribution is -2.19. The van der Waals surface area contributed by atoms with Crippen molar-refractivity contribution < 1.29 is 0 Å². The molecule has 0 unspecified atom stereocenters. The van der Waals surface area contributed by atoms with Crippen LogP contribution in [0.3, 0.4) is 0 Å². The van der Waals surface area contributed by atoms with Crippen LogP contribution in [-0.4, -0.2) is 25.1 Å². The van der Waals surface area contributed by atoms with Crippen molar-refractivity contribution in [2.75, 3.05) is 25.0 Å². The van der Waals surface area contributed by atoms with E-state index in [2.05, 4.69) is 23.1 Å². The molecule has 1 aromatic heterocycles. The van der Waals surface area contributed by atoms with E-state index in [1.54, 1.807) is 0 Å². The van der Waals surface area contributed by atoms with E-state index in [-0.39, 0.29) is 0 Å². The van der Waals surface area contributed by atoms with Crippen molar-refractivity contribution in [2.24, 2.45) is 0 Å². The molecule has 0 amide bonds. The van der Waals surface area contributed by atoms with Crippen LogP contribution in [0.4, 0.5) is 5.82 Å². The van der Waals surface area contributed by atoms with Gasteiger partial charge in [-0.1, -0.05) is 24.4 Å². The van der Waals surface area contributed by atoms with Crippen LogP contribution in [0.1, 0.15) is 18.9 Å². The van der Waals surface area contributed by atoms with E-state index in [9.17, 15) is 0 Å². The van der Waals surface area contributed by atoms with Gasteiger partial charge in [0.15, 0.2) is 0 Å². The van der Waals surface area contributed by atoms with Gasteiger partial charge in [-0.05, 0) is 24.6 Å². The Hall–Kier alpha value is -1.24. The molecule has 0 aliphatic rings. The number of nitrogens with zero attached hydrogens (tertiary/aromatic N) is 2. The normalized spacial score (nSPS) is 10.0. The fraction of sp³-hybridized carbons (Fsp3) is 0.462. The number of pyridine rings is 1. The van der Waals surface area contributed by atoms with Gasteiger partial charge < -0.3 is 10.2 Å². The van der Waals surface area contributed by atoms with Crippen molar-refractivity contribution in [3.05, 3.63) is 22.8 Å². The van der Waals surface area contributed by atoms with E-state index in [4.69, 9.17) is 18.0 Å². The average molecular weight is 252 g/mol. The van der Waals surface area contributed by atoms with Crippen LogP contribution in [0, 0.1) is 12.3 Å². The molecule has 1 aromatic rings. The number of rotatable bonds is 6. The van der Waals surface area contributed by atoms with Crippen molar-refractivity contribution in [1.29, 1.82) is 0 Å². The Balaban J connectivity index is 2.69. The van der Waals surface area contributed by atoms with Gasteiger partial charge in [0.05, 0.1) is 11.6 Å². The highest BCUT2D eigenvalue weighted by atomic mass is 35.5. The minimum absolute atomic E-state index is 0.500. The van der Waals surface area contributed by atoms with Gasteiger partial charge >= 0.3 is 0 Å². The lowest BCUT2D eigenvalue weighted by Gasteiger charge is -2.16. The Morgan fingerprint density at radius 2 is 2.35 bits per heavy atom. The van der Waals surface area contributed by atoms with Gasteiger partial charge in [-0.3, -0.25) is 0 Å². The molecule has 0 saturated heterocycles. The molecule has 0 aromatic carbocycles. The Morgan fingerprint density at radius 1 is 1.59 bits per heavy atom. The van der Waals surface area contributed by atoms with Crippen LogP contribution < -0.4 is 10.2 Å². The topological polar surface area (TPSA) is 28.2 Å². The van der Waals surface area contributed by atoms with Crippen LogP contribution in [0.2, 0.25) is 5.02 Å². The maximum absolute atomic E-state index is 6.17. The Labute approximate surface area is 108 Å². The molecular weight excluding hydrogens is 234 g/mol. The molecule has 0 spiro atoms. The molecule has 3 nitrogen and oxygen atoms in total. The predicted octanol–water partition coefficient (Wildman–Crippen LogP) is 2.30. The number of terminal acetylenes is 1. The molecule has 1 rings (SSSR count). The molecule has 0 radical (unpaired) electrons. The second-order valence-corrected chi connectivity index (χ2v) is 4.29. The maximum Gasteiger partial charge on any atom is 0.147 e. The fourth-order valence-electron chi connectivity index (χ4n) is 1.47. The van der Waals surface area contributed by atoms with Crippen molar-refractivity contribution in [2.45, 2.75) is 19.9 Å². The number of hydrogen-bond acceptors (Lipinski definition) is 3. The summed E-state index contributed by atoms with van der Waals surface area (Å²) in [7, 11) is 1.88. The van der Waals surface area contributed by atoms with Crippen LogP contribution in [0.25, 0.3) is 0 Å². The average Bonchev–Trinajstić information content (AvgIpc) is 2.29. The summed E-state index contributed by atoms with van der Waals surface area (Å²) < 4.78 is 0. The summed E-state index contributed by atoms with van der Waals surface area (Å²) in [6, 6.07) is 1.93. The summed E-state index contributed by atoms with van der Waals surface area (Å²) in [6.45, 7) is 4.42. The van der Waals surface area contributed by atoms with Crippen molar-refractivity contribution in [1.82, 2.24) is 10.3 Å². The first-order chi connectivity index (χ1) is 8.19. The van der Waals surface area contributed by atoms with Crippen molar-refractivity contribution in [3.63, 3.8) is 0 Å². The zero-order valence-corrected chi connectivity index (χ0v) is 11.1. The molecule has 1 heterocycles. The van der Waals surface area contributed by atoms with Gasteiger partial charge in [0.25, 0.3) is 0 Å². The third-order valence-corrected chi connectivity index (χ3v) is 2.60. The predicted molar refractivity (Wildman–Crippen MR) is 73.3 cm³/mol. The standard InChI is InChI=1S/C13H18ClN3/c1-4-6-15-9-11-8-12(14)13(16-10-11)17(3)7-5-2/h2,8,10,15H,4,6-7,9H2,1,3H3. The van der Waals surface area contributed by atoms with E-state index in [1.807, 2.05) is 24.2 Å². The minimum Gasteiger partial charge on any atom is -0.347 e. The molecule has 4 heteroatoms. The van der Waals surface area contributed by atoms with Crippen molar-refractivity contribution >= 4 is 17.4 Å². The second kappa shape index (κ2) is 7.16. The first-order valence-electron chi connectivity index (χ1n) is 5.68. The highest BCUT2D eigenvalue weighted by Gasteiger charge is 2.07. The molecule has 0 aliphatic carbocycles. The lowest BCUT2D eigenvalue weighted by molar-refractivity contribution is 0.674. The number of nitrogens with one attached hydrogen (secondary N) is 1. The van der Waals surface area contributed by atoms with E-state index in [0.717, 1.165) is 30.9 Å². The van der Waals surface area contributed by atoms with Crippen molar-refractivity contribution in [3.8, 4) is 12.3 Å². The fourth-order valence-corrected chi connectivity index (χ4v) is 1.80. The highest BCUT2D eigenvalue weighted by molar-refractivity contribution is 6.33. The summed E-state index contributed by atoms with van der Waals surface area (Å²) in [5.74, 6) is 3.29. The van der Waals surface area contributed by atoms with Crippen LogP contribution in [-0.2, 0) is 6.54 Å². The summed E-state index contributed by atoms with van der Waals surface area (Å²) in [4.78, 5) is 6.19. The summed E-state index contributed by atoms with van der Waals surface area (Å²) >= 11 is 6.17. The Morgan fingerprint density at radius 3 is 2.94 bits per heavy atom. The third-order valence-electron chi connectivity index (χ3n) is 2.32. The lowest BCUT2D eigenvalue weighted by atomic mass is 10.2. The maximum atomic E-state index is 6.17. The third kappa shape index (κ3) is 4.26. The number of halogens is 1. The Kier molecular flexibility index (Phi) is 5.82. The van der Waals surface area contributed by atoms with E-state index in [0.29, 0.717) is 11.6 Å². The first-order valence-corrected chi connectivity index (χ1v) is 6.06. The zero-order valence-electron chi connectivity index (χ0n) is 10.3. The number of hydrogen-bond donors (Lipinski definition) is 1. The molecule has 92 valence electrons. The van der Waals surface area contributed by atoms with Crippen LogP contribution in [0.15, 0.2) is 12.3 Å². The largest absolute Gasteiger partial charge is 0.347 e. The van der Waals surface area contributed by atoms with Gasteiger partial charge in [-0.2, -0.15) is 0 Å². The molecule has 0 fully saturated rings. The SMILES string of the molecule is C#CCN(C)c1ncc(CNCCC)cc1Cl. The smallest absolute Gasteiger partial charge is 0.147 e. The monoisotopic (exact) mass is 251 g/mol. The molecule has 0 aliphatic heterocycles. The molecule has 17 heavy (non-hydrogen) atoms. The van der Waals surface area contributed by atoms with Crippen LogP contribution in [0.5, 0.6) is 0 Å². The summed E-state index contributed by atoms with van der Waals surface area (Å²) in [6.07, 6.45) is 8.20. The number of aromatic nitrogens is 1. The summed E-state index contributed by atoms with van der Waals surface area (Å²) in [5.41, 5.74) is 1.08. The first kappa shape index (κ1) is 13.8. The molecule has 0 atom stereocenters. The van der Waals surface area contributed by atoms with Gasteiger partial charge in [0.1, 0.15) is 5.82 Å². The second-order valence-electron chi connectivity index (χ2n) is 3.89. The van der Waals surface area contributed by atoms with Gasteiger partial charge in [0, 0.05) is 19.8 Å². The molecule has 0 bridgehead atoms. The van der Waals surface area contributed by atoms with Gasteiger partial charge in [-0.25, -0.2) is 4.98 Å². The molecule has 1 N–H and O–H groups in total. The quantitative estimate of drug-likeness (QED) is 0.621. The van der Waals surface area contributed by atoms with Gasteiger partial charge in [-0.15, -0.1) is 6.42 Å². The molecular formula is C13H18ClN3. The van der Waals surface area contributed by atoms with E-state index in [1.165, 1.54) is 0 Å². The zero-order chi connectivity index (χ0) is 12.7. The van der Waals surface area contributed by atoms with Crippen LogP contribution >= 0.6 is 11.6 Å². The van der Waals surface area contributed by atoms with E-state index >= 15 is 0 Å². The van der Waals surface area contributed by atoms with Gasteiger partial charge in [0.2, 0.25) is 0 Å². The number of anilines is 1. The Bertz CT molecular complexity index is 398. The highest BCUT2D eigenvalue weighted by Crippen LogP contribution is 2.22.